The van der Waals surface area contributed by atoms with Crippen LogP contribution in [0, 0.1) is 0 Å². The highest BCUT2D eigenvalue weighted by Gasteiger charge is 2.07. The van der Waals surface area contributed by atoms with Crippen molar-refractivity contribution in [3.05, 3.63) is 0 Å². The lowest BCUT2D eigenvalue weighted by Gasteiger charge is -2.13. The van der Waals surface area contributed by atoms with Crippen LogP contribution in [0.1, 0.15) is 51.4 Å². The molecule has 11 heavy (non-hydrogen) atoms. The van der Waals surface area contributed by atoms with Crippen molar-refractivity contribution in [1.29, 1.82) is 0 Å². The van der Waals surface area contributed by atoms with Gasteiger partial charge in [-0.15, -0.1) is 0 Å². The average molecular weight is 156 g/mol. The molecule has 0 bridgehead atoms. The number of nitrogens with two attached hydrogens (primary N) is 1. The Morgan fingerprint density at radius 1 is 0.818 bits per heavy atom. The Morgan fingerprint density at radius 3 is 1.73 bits per heavy atom. The minimum Gasteiger partial charge on any atom is -0.271 e. The lowest BCUT2D eigenvalue weighted by atomic mass is 10.1. The van der Waals surface area contributed by atoms with Crippen LogP contribution in [0.15, 0.2) is 0 Å². The molecule has 0 heterocycles. The number of rotatable bonds is 1. The topological polar surface area (TPSA) is 38.0 Å². The van der Waals surface area contributed by atoms with E-state index in [1.54, 1.807) is 0 Å². The first-order chi connectivity index (χ1) is 5.43. The first kappa shape index (κ1) is 9.01. The van der Waals surface area contributed by atoms with Crippen LogP contribution in [-0.4, -0.2) is 6.04 Å². The monoisotopic (exact) mass is 156 g/mol. The second kappa shape index (κ2) is 5.56. The zero-order valence-corrected chi connectivity index (χ0v) is 7.31. The minimum atomic E-state index is 0.591. The molecule has 0 spiro atoms. The molecule has 1 aliphatic rings. The summed E-state index contributed by atoms with van der Waals surface area (Å²) in [5.41, 5.74) is 2.90. The third kappa shape index (κ3) is 3.73. The zero-order valence-electron chi connectivity index (χ0n) is 7.31. The van der Waals surface area contributed by atoms with Crippen LogP contribution in [0.3, 0.4) is 0 Å². The molecule has 3 N–H and O–H groups in total. The van der Waals surface area contributed by atoms with Gasteiger partial charge in [0.15, 0.2) is 0 Å². The summed E-state index contributed by atoms with van der Waals surface area (Å²) in [6.07, 6.45) is 10.9. The summed E-state index contributed by atoms with van der Waals surface area (Å²) < 4.78 is 0. The molecule has 0 aliphatic heterocycles. The smallest absolute Gasteiger partial charge is 0.0210 e. The molecular formula is C9H20N2. The first-order valence-electron chi connectivity index (χ1n) is 4.89. The van der Waals surface area contributed by atoms with E-state index in [0.29, 0.717) is 6.04 Å². The predicted molar refractivity (Wildman–Crippen MR) is 48.0 cm³/mol. The molecule has 0 radical (unpaired) electrons. The number of hydrazine groups is 1. The van der Waals surface area contributed by atoms with Gasteiger partial charge in [0, 0.05) is 6.04 Å². The third-order valence-corrected chi connectivity index (χ3v) is 2.59. The van der Waals surface area contributed by atoms with Crippen LogP contribution in [0.5, 0.6) is 0 Å². The van der Waals surface area contributed by atoms with E-state index < -0.39 is 0 Å². The molecule has 1 fully saturated rings. The highest BCUT2D eigenvalue weighted by molar-refractivity contribution is 4.65. The van der Waals surface area contributed by atoms with Crippen molar-refractivity contribution in [3.63, 3.8) is 0 Å². The van der Waals surface area contributed by atoms with Crippen molar-refractivity contribution in [2.45, 2.75) is 57.4 Å². The Balaban J connectivity index is 2.19. The molecule has 1 saturated carbocycles. The fourth-order valence-electron chi connectivity index (χ4n) is 1.80. The van der Waals surface area contributed by atoms with Gasteiger partial charge in [-0.3, -0.25) is 11.3 Å². The summed E-state index contributed by atoms with van der Waals surface area (Å²) in [5.74, 6) is 5.42. The van der Waals surface area contributed by atoms with Gasteiger partial charge in [-0.25, -0.2) is 0 Å². The molecule has 0 unspecified atom stereocenters. The van der Waals surface area contributed by atoms with E-state index in [2.05, 4.69) is 5.43 Å². The van der Waals surface area contributed by atoms with Crippen LogP contribution in [-0.2, 0) is 0 Å². The molecule has 0 saturated heterocycles. The summed E-state index contributed by atoms with van der Waals surface area (Å²) >= 11 is 0. The van der Waals surface area contributed by atoms with Crippen molar-refractivity contribution in [1.82, 2.24) is 5.43 Å². The average Bonchev–Trinajstić information content (AvgIpc) is 2.16. The van der Waals surface area contributed by atoms with Crippen molar-refractivity contribution in [2.75, 3.05) is 0 Å². The SMILES string of the molecule is NNC1CCCCCCCC1. The summed E-state index contributed by atoms with van der Waals surface area (Å²) in [7, 11) is 0. The molecule has 0 aromatic carbocycles. The summed E-state index contributed by atoms with van der Waals surface area (Å²) in [4.78, 5) is 0. The van der Waals surface area contributed by atoms with Gasteiger partial charge in [0.25, 0.3) is 0 Å². The minimum absolute atomic E-state index is 0.591. The van der Waals surface area contributed by atoms with Gasteiger partial charge in [-0.1, -0.05) is 38.5 Å². The first-order valence-corrected chi connectivity index (χ1v) is 4.89. The summed E-state index contributed by atoms with van der Waals surface area (Å²) in [5, 5.41) is 0. The fraction of sp³-hybridized carbons (Fsp3) is 1.00. The molecule has 0 amide bonds. The standard InChI is InChI=1S/C9H20N2/c10-11-9-7-5-3-1-2-4-6-8-9/h9,11H,1-8,10H2. The van der Waals surface area contributed by atoms with Crippen molar-refractivity contribution < 1.29 is 0 Å². The van der Waals surface area contributed by atoms with Gasteiger partial charge in [-0.2, -0.15) is 0 Å². The molecule has 0 atom stereocenters. The molecule has 2 nitrogen and oxygen atoms in total. The molecular weight excluding hydrogens is 136 g/mol. The summed E-state index contributed by atoms with van der Waals surface area (Å²) in [6.45, 7) is 0. The highest BCUT2D eigenvalue weighted by Crippen LogP contribution is 2.16. The molecule has 1 rings (SSSR count). The third-order valence-electron chi connectivity index (χ3n) is 2.59. The molecule has 66 valence electrons. The maximum Gasteiger partial charge on any atom is 0.0210 e. The molecule has 2 heteroatoms. The van der Waals surface area contributed by atoms with Gasteiger partial charge in [0.2, 0.25) is 0 Å². The second-order valence-electron chi connectivity index (χ2n) is 3.56. The molecule has 0 aromatic heterocycles. The quantitative estimate of drug-likeness (QED) is 0.450. The van der Waals surface area contributed by atoms with Gasteiger partial charge >= 0.3 is 0 Å². The predicted octanol–water partition coefficient (Wildman–Crippen LogP) is 1.95. The number of hydrogen-bond donors (Lipinski definition) is 2. The van der Waals surface area contributed by atoms with Crippen LogP contribution < -0.4 is 11.3 Å². The van der Waals surface area contributed by atoms with E-state index in [4.69, 9.17) is 5.84 Å². The van der Waals surface area contributed by atoms with E-state index in [9.17, 15) is 0 Å². The van der Waals surface area contributed by atoms with E-state index in [-0.39, 0.29) is 0 Å². The Kier molecular flexibility index (Phi) is 4.55. The maximum absolute atomic E-state index is 5.42. The van der Waals surface area contributed by atoms with Crippen molar-refractivity contribution >= 4 is 0 Å². The van der Waals surface area contributed by atoms with Gasteiger partial charge in [-0.05, 0) is 12.8 Å². The summed E-state index contributed by atoms with van der Waals surface area (Å²) in [6, 6.07) is 0.591. The van der Waals surface area contributed by atoms with E-state index in [0.717, 1.165) is 0 Å². The number of nitrogens with one attached hydrogen (secondary N) is 1. The lowest BCUT2D eigenvalue weighted by Crippen LogP contribution is -2.34. The van der Waals surface area contributed by atoms with Gasteiger partial charge in [0.05, 0.1) is 0 Å². The van der Waals surface area contributed by atoms with Crippen LogP contribution >= 0.6 is 0 Å². The van der Waals surface area contributed by atoms with Crippen LogP contribution in [0.4, 0.5) is 0 Å². The number of hydrogen-bond acceptors (Lipinski definition) is 2. The lowest BCUT2D eigenvalue weighted by molar-refractivity contribution is 0.443. The molecule has 0 aromatic rings. The fourth-order valence-corrected chi connectivity index (χ4v) is 1.80. The Morgan fingerprint density at radius 2 is 1.27 bits per heavy atom. The Labute approximate surface area is 69.5 Å². The van der Waals surface area contributed by atoms with Crippen LogP contribution in [0.25, 0.3) is 0 Å². The Bertz CT molecular complexity index is 83.6. The zero-order chi connectivity index (χ0) is 7.94. The largest absolute Gasteiger partial charge is 0.271 e. The van der Waals surface area contributed by atoms with Crippen molar-refractivity contribution in [3.8, 4) is 0 Å². The van der Waals surface area contributed by atoms with E-state index in [1.165, 1.54) is 51.4 Å². The Hall–Kier alpha value is -0.0800. The van der Waals surface area contributed by atoms with Crippen LogP contribution in [0.2, 0.25) is 0 Å². The van der Waals surface area contributed by atoms with Crippen molar-refractivity contribution in [2.24, 2.45) is 5.84 Å². The van der Waals surface area contributed by atoms with E-state index >= 15 is 0 Å². The maximum atomic E-state index is 5.42. The normalized spacial score (nSPS) is 23.7. The highest BCUT2D eigenvalue weighted by atomic mass is 15.2. The van der Waals surface area contributed by atoms with E-state index in [1.807, 2.05) is 0 Å². The second-order valence-corrected chi connectivity index (χ2v) is 3.56. The molecule has 1 aliphatic carbocycles. The van der Waals surface area contributed by atoms with Gasteiger partial charge in [0.1, 0.15) is 0 Å². The van der Waals surface area contributed by atoms with Gasteiger partial charge < -0.3 is 0 Å².